The van der Waals surface area contributed by atoms with Gasteiger partial charge in [-0.25, -0.2) is 19.2 Å². The lowest BCUT2D eigenvalue weighted by atomic mass is 9.92. The molecule has 1 unspecified atom stereocenters. The Morgan fingerprint density at radius 1 is 0.672 bits per heavy atom. The molecule has 0 bridgehead atoms. The summed E-state index contributed by atoms with van der Waals surface area (Å²) in [6, 6.07) is 42.8. The molecular weight excluding hydrogens is 1520 g/mol. The monoisotopic (exact) mass is 1620 g/mol. The average molecular weight is 1620 g/mol. The second-order valence-corrected chi connectivity index (χ2v) is 31.6. The number of primary amides is 1. The number of aliphatic hydroxyl groups excluding tert-OH is 1. The fourth-order valence-electron chi connectivity index (χ4n) is 16.6. The first kappa shape index (κ1) is 82.8. The lowest BCUT2D eigenvalue weighted by molar-refractivity contribution is -0.132. The number of urea groups is 1. The summed E-state index contributed by atoms with van der Waals surface area (Å²) in [5.41, 5.74) is 15.3. The van der Waals surface area contributed by atoms with Crippen molar-refractivity contribution in [3.63, 3.8) is 0 Å². The number of hydrogen-bond donors (Lipinski definition) is 5. The Bertz CT molecular complexity index is 5200. The van der Waals surface area contributed by atoms with Gasteiger partial charge in [-0.15, -0.1) is 5.10 Å². The van der Waals surface area contributed by atoms with Crippen LogP contribution in [0.2, 0.25) is 0 Å². The van der Waals surface area contributed by atoms with E-state index in [2.05, 4.69) is 26.3 Å². The zero-order chi connectivity index (χ0) is 83.6. The van der Waals surface area contributed by atoms with Crippen molar-refractivity contribution in [2.45, 2.75) is 160 Å². The quantitative estimate of drug-likeness (QED) is 0.0234. The van der Waals surface area contributed by atoms with E-state index in [9.17, 15) is 53.1 Å². The maximum absolute atomic E-state index is 14.7. The molecule has 8 aromatic rings. The Balaban J connectivity index is 0.583. The molecular formula is C91H99N11O17. The van der Waals surface area contributed by atoms with Gasteiger partial charge in [0.05, 0.1) is 82.3 Å². The van der Waals surface area contributed by atoms with Crippen LogP contribution in [0.5, 0.6) is 28.7 Å². The number of nitrogens with zero attached hydrogens (tertiary/aromatic N) is 7. The van der Waals surface area contributed by atoms with Crippen LogP contribution in [-0.4, -0.2) is 167 Å². The highest BCUT2D eigenvalue weighted by atomic mass is 16.6. The van der Waals surface area contributed by atoms with Crippen molar-refractivity contribution >= 4 is 76.0 Å². The number of aryl methyl sites for hydroxylation is 1. The number of aromatic nitrogens is 3. The molecule has 6 N–H and O–H groups in total. The smallest absolute Gasteiger partial charge is 0.416 e. The van der Waals surface area contributed by atoms with Crippen molar-refractivity contribution in [1.29, 1.82) is 0 Å². The van der Waals surface area contributed by atoms with Gasteiger partial charge in [-0.05, 0) is 152 Å². The molecule has 6 aliphatic rings. The largest absolute Gasteiger partial charge is 0.497 e. The first-order valence-electron chi connectivity index (χ1n) is 40.6. The number of para-hydroxylation sites is 1. The predicted octanol–water partition coefficient (Wildman–Crippen LogP) is 11.4. The van der Waals surface area contributed by atoms with Gasteiger partial charge in [0.15, 0.2) is 40.8 Å². The topological polar surface area (TPSA) is 352 Å². The van der Waals surface area contributed by atoms with Gasteiger partial charge >= 0.3 is 12.1 Å². The molecule has 1 spiro atoms. The van der Waals surface area contributed by atoms with Crippen LogP contribution < -0.4 is 55.2 Å². The molecule has 2 fully saturated rings. The molecule has 1 aliphatic carbocycles. The Morgan fingerprint density at radius 3 is 2.08 bits per heavy atom. The number of aliphatic hydroxyl groups is 1. The van der Waals surface area contributed by atoms with Crippen LogP contribution in [0.4, 0.5) is 21.0 Å². The summed E-state index contributed by atoms with van der Waals surface area (Å²) in [4.78, 5) is 145. The number of nitrogens with one attached hydrogen (secondary N) is 3. The minimum Gasteiger partial charge on any atom is -0.497 e. The number of hydrogen-bond acceptors (Lipinski definition) is 19. The molecule has 28 nitrogen and oxygen atoms in total. The fraction of sp³-hybridized carbons (Fsp3) is 0.385. The molecule has 119 heavy (non-hydrogen) atoms. The van der Waals surface area contributed by atoms with E-state index in [-0.39, 0.29) is 160 Å². The molecule has 0 radical (unpaired) electrons. The Labute approximate surface area is 689 Å². The predicted molar refractivity (Wildman–Crippen MR) is 441 cm³/mol. The second-order valence-electron chi connectivity index (χ2n) is 31.6. The summed E-state index contributed by atoms with van der Waals surface area (Å²) < 4.78 is 37.4. The highest BCUT2D eigenvalue weighted by molar-refractivity contribution is 6.07. The number of ketones is 3. The lowest BCUT2D eigenvalue weighted by Crippen LogP contribution is -2.50. The van der Waals surface area contributed by atoms with Crippen LogP contribution in [0, 0.1) is 11.3 Å². The number of methoxy groups -OCH3 is 3. The number of Topliss-reactive ketones (excluding diaryl/α,β-unsaturated/α-hetero) is 3. The van der Waals surface area contributed by atoms with E-state index in [0.717, 1.165) is 81.0 Å². The molecule has 5 atom stereocenters. The van der Waals surface area contributed by atoms with E-state index in [4.69, 9.17) is 34.2 Å². The highest BCUT2D eigenvalue weighted by Crippen LogP contribution is 2.57. The van der Waals surface area contributed by atoms with Gasteiger partial charge in [0.1, 0.15) is 23.8 Å². The molecule has 8 amide bonds. The van der Waals surface area contributed by atoms with E-state index in [1.165, 1.54) is 26.4 Å². The lowest BCUT2D eigenvalue weighted by Gasteiger charge is -2.31. The minimum atomic E-state index is -1.52. The van der Waals surface area contributed by atoms with Crippen LogP contribution >= 0.6 is 0 Å². The van der Waals surface area contributed by atoms with Crippen LogP contribution in [0.25, 0.3) is 28.1 Å². The van der Waals surface area contributed by atoms with Crippen molar-refractivity contribution in [3.05, 3.63) is 202 Å². The van der Waals surface area contributed by atoms with E-state index in [1.54, 1.807) is 71.5 Å². The molecule has 5 aliphatic heterocycles. The van der Waals surface area contributed by atoms with Gasteiger partial charge in [0.2, 0.25) is 17.7 Å². The first-order chi connectivity index (χ1) is 57.6. The number of carbonyl (C=O) groups is 10. The molecule has 1 aromatic heterocycles. The van der Waals surface area contributed by atoms with Gasteiger partial charge in [-0.1, -0.05) is 114 Å². The van der Waals surface area contributed by atoms with Gasteiger partial charge in [-0.3, -0.25) is 38.4 Å². The summed E-state index contributed by atoms with van der Waals surface area (Å²) in [5, 5.41) is 29.4. The van der Waals surface area contributed by atoms with E-state index >= 15 is 0 Å². The van der Waals surface area contributed by atoms with Crippen LogP contribution in [0.3, 0.4) is 0 Å². The molecule has 1 saturated carbocycles. The maximum atomic E-state index is 14.7. The van der Waals surface area contributed by atoms with E-state index in [1.807, 2.05) is 115 Å². The Hall–Kier alpha value is -12.7. The highest BCUT2D eigenvalue weighted by Gasteiger charge is 2.58. The molecule has 28 heteroatoms. The summed E-state index contributed by atoms with van der Waals surface area (Å²) in [6.07, 6.45) is 3.43. The molecule has 1 saturated heterocycles. The second kappa shape index (κ2) is 36.8. The van der Waals surface area contributed by atoms with Crippen molar-refractivity contribution in [3.8, 4) is 51.3 Å². The van der Waals surface area contributed by atoms with Gasteiger partial charge in [-0.2, -0.15) is 0 Å². The average Bonchev–Trinajstić information content (AvgIpc) is 1.56. The Morgan fingerprint density at radius 2 is 1.36 bits per heavy atom. The fourth-order valence-corrected chi connectivity index (χ4v) is 16.6. The third-order valence-corrected chi connectivity index (χ3v) is 23.2. The summed E-state index contributed by atoms with van der Waals surface area (Å²) >= 11 is 0. The number of benzene rings is 7. The summed E-state index contributed by atoms with van der Waals surface area (Å²) in [6.45, 7) is 4.29. The van der Waals surface area contributed by atoms with Gasteiger partial charge < -0.3 is 69.9 Å². The number of carbonyl (C=O) groups excluding carboxylic acids is 10. The zero-order valence-electron chi connectivity index (χ0n) is 67.4. The number of nitrogens with two attached hydrogens (primary N) is 1. The number of ether oxygens (including phenoxy) is 6. The van der Waals surface area contributed by atoms with Crippen molar-refractivity contribution in [2.75, 3.05) is 64.0 Å². The number of fused-ring (bicyclic) bond motifs is 9. The van der Waals surface area contributed by atoms with E-state index < -0.39 is 60.5 Å². The van der Waals surface area contributed by atoms with Crippen molar-refractivity contribution < 1.29 is 81.5 Å². The first-order valence-corrected chi connectivity index (χ1v) is 40.6. The van der Waals surface area contributed by atoms with Gasteiger partial charge in [0.25, 0.3) is 11.8 Å². The summed E-state index contributed by atoms with van der Waals surface area (Å²) in [5.74, 6) is -2.10. The normalized spacial score (nSPS) is 17.0. The maximum Gasteiger partial charge on any atom is 0.416 e. The third-order valence-electron chi connectivity index (χ3n) is 23.2. The standard InChI is InChI=1S/C91H99N11O17/c1-55(2)102-84-69-19-11-12-21-73(69)99(51-61-17-9-10-18-68(61)83(84)96-97-102)82(107)35-31-65(103)30-34-81(106)94-50-66(104)44-62(41-56-15-7-6-8-16-56)85(108)95-72(20-13-38-93-89(92)112)76(105)42-57-22-24-58(25-23-57)53-119-90(113)101-74-48-80(78(116-5)47-71(74)87(110)100-54-91(36-37-91)49-75(100)88(101)111)118-40-14-39-117-79-45-60-26-29-64-43-63(59-27-32-67(114-3)33-28-59)52-98(64)86(109)70(60)46-77(79)115-4/h6-12,15-19,21-25,27-28,32-33,45-48,52,55,62,64,72,75,88,111H,13-14,20,26,29-31,34-44,49-51,53-54H2,1-5H3,(H,94,106)(H,95,108)(H3,92,93,112)/t62-,64-,72+,75+,88?/m1/s1. The molecule has 620 valence electrons. The minimum absolute atomic E-state index is 0.00696. The SMILES string of the molecule is COc1ccc(C2=CN3C(=O)c4cc(OC)c(OCCCOc5cc6c(cc5OC)C(=O)N5CC7(CC7)C[C@H]5C(O)N6C(=O)OCc5ccc(CC(=O)[C@H](CCCNC(N)=O)NC(=O)[C@@H](CC(=O)CNC(=O)CCC(=O)CCC(=O)N6Cc7ccccc7-c7nnn(C(C)C)c7-c7ccccc76)Cc6ccccc6)cc5)cc4CC[C@@H]3C2)cc1. The summed E-state index contributed by atoms with van der Waals surface area (Å²) in [7, 11) is 4.60. The molecule has 7 aromatic carbocycles. The molecule has 14 rings (SSSR count). The van der Waals surface area contributed by atoms with Crippen molar-refractivity contribution in [1.82, 2.24) is 40.7 Å². The number of amides is 8. The van der Waals surface area contributed by atoms with E-state index in [0.29, 0.717) is 65.4 Å². The number of rotatable bonds is 34. The Kier molecular flexibility index (Phi) is 25.6. The van der Waals surface area contributed by atoms with Crippen LogP contribution in [-0.2, 0) is 65.9 Å². The third kappa shape index (κ3) is 19.0. The van der Waals surface area contributed by atoms with Gasteiger partial charge in [0, 0.05) is 105 Å². The molecule has 6 heterocycles. The zero-order valence-corrected chi connectivity index (χ0v) is 67.4. The van der Waals surface area contributed by atoms with Crippen molar-refractivity contribution in [2.24, 2.45) is 17.1 Å². The van der Waals surface area contributed by atoms with Crippen LogP contribution in [0.15, 0.2) is 158 Å². The van der Waals surface area contributed by atoms with Crippen LogP contribution in [0.1, 0.15) is 157 Å². The number of anilines is 2.